The van der Waals surface area contributed by atoms with Gasteiger partial charge in [-0.2, -0.15) is 0 Å². The fraction of sp³-hybridized carbons (Fsp3) is 0.120. The molecule has 168 valence electrons. The van der Waals surface area contributed by atoms with Crippen molar-refractivity contribution in [1.82, 2.24) is 0 Å². The van der Waals surface area contributed by atoms with Gasteiger partial charge in [0.15, 0.2) is 15.8 Å². The predicted molar refractivity (Wildman–Crippen MR) is 138 cm³/mol. The van der Waals surface area contributed by atoms with Crippen LogP contribution in [0, 0.1) is 5.82 Å². The van der Waals surface area contributed by atoms with Crippen LogP contribution in [0.5, 0.6) is 11.5 Å². The van der Waals surface area contributed by atoms with Crippen LogP contribution >= 0.6 is 39.9 Å². The molecule has 0 spiro atoms. The molecule has 0 N–H and O–H groups in total. The summed E-state index contributed by atoms with van der Waals surface area (Å²) in [6.07, 6.45) is 1.80. The van der Waals surface area contributed by atoms with Crippen LogP contribution in [0.25, 0.3) is 6.08 Å². The Balaban J connectivity index is 1.54. The molecule has 0 saturated carbocycles. The minimum atomic E-state index is -0.288. The molecule has 1 saturated heterocycles. The molecular weight excluding hydrogens is 525 g/mol. The second kappa shape index (κ2) is 10.5. The van der Waals surface area contributed by atoms with Crippen LogP contribution in [0.2, 0.25) is 0 Å². The summed E-state index contributed by atoms with van der Waals surface area (Å²) in [6, 6.07) is 19.1. The number of carbonyl (C=O) groups is 1. The van der Waals surface area contributed by atoms with E-state index in [1.165, 1.54) is 28.8 Å². The summed E-state index contributed by atoms with van der Waals surface area (Å²) < 4.78 is 26.2. The Labute approximate surface area is 209 Å². The van der Waals surface area contributed by atoms with Gasteiger partial charge in [0.25, 0.3) is 5.91 Å². The summed E-state index contributed by atoms with van der Waals surface area (Å²) in [7, 11) is 0. The van der Waals surface area contributed by atoms with Crippen LogP contribution in [-0.2, 0) is 11.4 Å². The third-order valence-corrected chi connectivity index (χ3v) is 6.58. The second-order valence-electron chi connectivity index (χ2n) is 7.05. The van der Waals surface area contributed by atoms with E-state index in [2.05, 4.69) is 15.9 Å². The zero-order valence-corrected chi connectivity index (χ0v) is 20.8. The molecule has 33 heavy (non-hydrogen) atoms. The molecular formula is C25H19BrFNO3S2. The smallest absolute Gasteiger partial charge is 0.270 e. The topological polar surface area (TPSA) is 38.8 Å². The zero-order chi connectivity index (χ0) is 23.4. The third kappa shape index (κ3) is 5.63. The van der Waals surface area contributed by atoms with Gasteiger partial charge in [-0.05, 0) is 72.7 Å². The number of nitrogens with zero attached hydrogens (tertiary/aromatic N) is 1. The van der Waals surface area contributed by atoms with Crippen LogP contribution in [0.15, 0.2) is 76.1 Å². The summed E-state index contributed by atoms with van der Waals surface area (Å²) in [5.41, 5.74) is 2.37. The molecule has 0 atom stereocenters. The highest BCUT2D eigenvalue weighted by molar-refractivity contribution is 9.10. The Morgan fingerprint density at radius 1 is 1.03 bits per heavy atom. The Morgan fingerprint density at radius 3 is 2.45 bits per heavy atom. The molecule has 1 fully saturated rings. The van der Waals surface area contributed by atoms with Gasteiger partial charge >= 0.3 is 0 Å². The molecule has 3 aromatic carbocycles. The van der Waals surface area contributed by atoms with Crippen molar-refractivity contribution in [3.63, 3.8) is 0 Å². The zero-order valence-electron chi connectivity index (χ0n) is 17.6. The molecule has 0 bridgehead atoms. The van der Waals surface area contributed by atoms with E-state index in [0.29, 0.717) is 27.3 Å². The van der Waals surface area contributed by atoms with E-state index in [-0.39, 0.29) is 18.3 Å². The normalized spacial score (nSPS) is 14.8. The lowest BCUT2D eigenvalue weighted by Gasteiger charge is -2.14. The minimum absolute atomic E-state index is 0.165. The number of carbonyl (C=O) groups excluding carboxylic acids is 1. The fourth-order valence-electron chi connectivity index (χ4n) is 3.18. The van der Waals surface area contributed by atoms with Crippen LogP contribution < -0.4 is 14.4 Å². The van der Waals surface area contributed by atoms with Crippen molar-refractivity contribution in [2.45, 2.75) is 13.5 Å². The summed E-state index contributed by atoms with van der Waals surface area (Å²) >= 11 is 10.1. The molecule has 0 aromatic heterocycles. The summed E-state index contributed by atoms with van der Waals surface area (Å²) in [5, 5.41) is 0. The highest BCUT2D eigenvalue weighted by atomic mass is 79.9. The number of hydrogen-bond donors (Lipinski definition) is 0. The van der Waals surface area contributed by atoms with Crippen LogP contribution in [0.4, 0.5) is 10.1 Å². The highest BCUT2D eigenvalue weighted by Crippen LogP contribution is 2.37. The summed E-state index contributed by atoms with van der Waals surface area (Å²) in [5.74, 6) is 0.683. The van der Waals surface area contributed by atoms with E-state index in [0.717, 1.165) is 21.3 Å². The third-order valence-electron chi connectivity index (χ3n) is 4.75. The van der Waals surface area contributed by atoms with Crippen molar-refractivity contribution in [2.75, 3.05) is 11.5 Å². The van der Waals surface area contributed by atoms with Crippen LogP contribution in [0.1, 0.15) is 18.1 Å². The molecule has 1 heterocycles. The maximum absolute atomic E-state index is 13.1. The number of thioether (sulfide) groups is 1. The van der Waals surface area contributed by atoms with Gasteiger partial charge in [0.2, 0.25) is 0 Å². The highest BCUT2D eigenvalue weighted by Gasteiger charge is 2.33. The molecule has 4 rings (SSSR count). The number of benzene rings is 3. The molecule has 1 amide bonds. The Bertz CT molecular complexity index is 1210. The van der Waals surface area contributed by atoms with Gasteiger partial charge in [0.1, 0.15) is 12.4 Å². The first-order valence-corrected chi connectivity index (χ1v) is 12.1. The second-order valence-corrected chi connectivity index (χ2v) is 9.64. The molecule has 0 aliphatic carbocycles. The number of rotatable bonds is 7. The fourth-order valence-corrected chi connectivity index (χ4v) is 4.74. The molecule has 4 nitrogen and oxygen atoms in total. The van der Waals surface area contributed by atoms with E-state index < -0.39 is 0 Å². The van der Waals surface area contributed by atoms with Crippen LogP contribution in [-0.4, -0.2) is 16.8 Å². The van der Waals surface area contributed by atoms with Gasteiger partial charge in [0, 0.05) is 4.47 Å². The van der Waals surface area contributed by atoms with Gasteiger partial charge in [-0.1, -0.05) is 58.1 Å². The van der Waals surface area contributed by atoms with Gasteiger partial charge in [-0.25, -0.2) is 4.39 Å². The average Bonchev–Trinajstić information content (AvgIpc) is 3.08. The first-order chi connectivity index (χ1) is 15.9. The number of anilines is 1. The van der Waals surface area contributed by atoms with Crippen molar-refractivity contribution in [3.05, 3.63) is 93.1 Å². The largest absolute Gasteiger partial charge is 0.490 e. The van der Waals surface area contributed by atoms with E-state index >= 15 is 0 Å². The molecule has 1 aliphatic heterocycles. The lowest BCUT2D eigenvalue weighted by atomic mass is 10.1. The SMILES string of the molecule is CCOc1cc(/C=C2\SC(=S)N(c3ccc(Br)cc3)C2=O)ccc1OCc1ccc(F)cc1. The number of ether oxygens (including phenoxy) is 2. The molecule has 1 aliphatic rings. The van der Waals surface area contributed by atoms with Crippen molar-refractivity contribution >= 4 is 61.9 Å². The average molecular weight is 544 g/mol. The maximum atomic E-state index is 13.1. The van der Waals surface area contributed by atoms with E-state index in [1.54, 1.807) is 24.3 Å². The van der Waals surface area contributed by atoms with Gasteiger partial charge in [-0.3, -0.25) is 9.69 Å². The van der Waals surface area contributed by atoms with Crippen molar-refractivity contribution in [1.29, 1.82) is 0 Å². The summed E-state index contributed by atoms with van der Waals surface area (Å²) in [6.45, 7) is 2.63. The quantitative estimate of drug-likeness (QED) is 0.237. The molecule has 0 unspecified atom stereocenters. The molecule has 0 radical (unpaired) electrons. The maximum Gasteiger partial charge on any atom is 0.270 e. The Morgan fingerprint density at radius 2 is 1.76 bits per heavy atom. The first-order valence-electron chi connectivity index (χ1n) is 10.1. The molecule has 3 aromatic rings. The minimum Gasteiger partial charge on any atom is -0.490 e. The van der Waals surface area contributed by atoms with Gasteiger partial charge in [0.05, 0.1) is 17.2 Å². The number of halogens is 2. The number of thiocarbonyl (C=S) groups is 1. The van der Waals surface area contributed by atoms with Gasteiger partial charge in [-0.15, -0.1) is 0 Å². The van der Waals surface area contributed by atoms with Crippen molar-refractivity contribution < 1.29 is 18.7 Å². The number of amides is 1. The predicted octanol–water partition coefficient (Wildman–Crippen LogP) is 6.97. The van der Waals surface area contributed by atoms with Crippen molar-refractivity contribution in [2.24, 2.45) is 0 Å². The Hall–Kier alpha value is -2.68. The van der Waals surface area contributed by atoms with E-state index in [1.807, 2.05) is 43.3 Å². The van der Waals surface area contributed by atoms with Gasteiger partial charge < -0.3 is 9.47 Å². The summed E-state index contributed by atoms with van der Waals surface area (Å²) in [4.78, 5) is 15.1. The lowest BCUT2D eigenvalue weighted by molar-refractivity contribution is -0.113. The Kier molecular flexibility index (Phi) is 7.47. The first kappa shape index (κ1) is 23.5. The number of hydrogen-bond acceptors (Lipinski definition) is 5. The van der Waals surface area contributed by atoms with Crippen LogP contribution in [0.3, 0.4) is 0 Å². The van der Waals surface area contributed by atoms with Crippen molar-refractivity contribution in [3.8, 4) is 11.5 Å². The molecule has 8 heteroatoms. The monoisotopic (exact) mass is 543 g/mol. The standard InChI is InChI=1S/C25H19BrFNO3S2/c1-2-30-22-13-17(5-12-21(22)31-15-16-3-8-19(27)9-4-16)14-23-24(29)28(25(32)33-23)20-10-6-18(26)7-11-20/h3-14H,2,15H2,1H3/b23-14-. The van der Waals surface area contributed by atoms with E-state index in [9.17, 15) is 9.18 Å². The lowest BCUT2D eigenvalue weighted by Crippen LogP contribution is -2.27. The van der Waals surface area contributed by atoms with E-state index in [4.69, 9.17) is 21.7 Å².